The molecule has 0 spiro atoms. The summed E-state index contributed by atoms with van der Waals surface area (Å²) in [7, 11) is 0. The van der Waals surface area contributed by atoms with Gasteiger partial charge in [0.25, 0.3) is 0 Å². The Morgan fingerprint density at radius 2 is 2.23 bits per heavy atom. The molecule has 1 amide bonds. The van der Waals surface area contributed by atoms with Gasteiger partial charge in [-0.05, 0) is 30.9 Å². The van der Waals surface area contributed by atoms with Gasteiger partial charge in [0.05, 0.1) is 0 Å². The van der Waals surface area contributed by atoms with E-state index in [-0.39, 0.29) is 5.91 Å². The molecule has 22 heavy (non-hydrogen) atoms. The van der Waals surface area contributed by atoms with Crippen LogP contribution in [-0.4, -0.2) is 27.6 Å². The molecule has 6 heteroatoms. The van der Waals surface area contributed by atoms with Crippen LogP contribution in [0.1, 0.15) is 38.0 Å². The first-order chi connectivity index (χ1) is 10.8. The summed E-state index contributed by atoms with van der Waals surface area (Å²) in [6, 6.07) is 3.69. The zero-order chi connectivity index (χ0) is 15.2. The molecule has 1 saturated carbocycles. The summed E-state index contributed by atoms with van der Waals surface area (Å²) in [4.78, 5) is 20.2. The normalized spacial score (nSPS) is 15.1. The maximum atomic E-state index is 11.8. The average molecular weight is 300 g/mol. The zero-order valence-electron chi connectivity index (χ0n) is 12.5. The number of rotatable bonds is 6. The second kappa shape index (κ2) is 7.15. The minimum atomic E-state index is 0.0491. The molecular weight excluding hydrogens is 280 g/mol. The Labute approximate surface area is 129 Å². The van der Waals surface area contributed by atoms with Gasteiger partial charge in [-0.25, -0.2) is 0 Å². The van der Waals surface area contributed by atoms with E-state index in [4.69, 9.17) is 4.52 Å². The van der Waals surface area contributed by atoms with Crippen molar-refractivity contribution in [3.8, 4) is 11.4 Å². The minimum absolute atomic E-state index is 0.0491. The molecule has 2 heterocycles. The van der Waals surface area contributed by atoms with Crippen molar-refractivity contribution in [3.05, 3.63) is 30.4 Å². The number of amides is 1. The quantitative estimate of drug-likeness (QED) is 0.885. The Kier molecular flexibility index (Phi) is 4.78. The molecule has 0 bridgehead atoms. The number of aryl methyl sites for hydroxylation is 1. The molecule has 6 nitrogen and oxygen atoms in total. The van der Waals surface area contributed by atoms with Gasteiger partial charge in [0.2, 0.25) is 17.6 Å². The Morgan fingerprint density at radius 3 is 3.00 bits per heavy atom. The number of hydrogen-bond donors (Lipinski definition) is 1. The van der Waals surface area contributed by atoms with Gasteiger partial charge in [-0.1, -0.05) is 18.0 Å². The SMILES string of the molecule is O=C(CCc1nc(-c2cccnc2)no1)NCC1CCCC1. The van der Waals surface area contributed by atoms with E-state index in [0.717, 1.165) is 12.1 Å². The van der Waals surface area contributed by atoms with Crippen molar-refractivity contribution < 1.29 is 9.32 Å². The predicted octanol–water partition coefficient (Wildman–Crippen LogP) is 2.37. The lowest BCUT2D eigenvalue weighted by atomic mass is 10.1. The number of nitrogens with one attached hydrogen (secondary N) is 1. The van der Waals surface area contributed by atoms with Crippen LogP contribution in [0, 0.1) is 5.92 Å². The van der Waals surface area contributed by atoms with Crippen molar-refractivity contribution >= 4 is 5.91 Å². The number of carbonyl (C=O) groups is 1. The van der Waals surface area contributed by atoms with Crippen LogP contribution >= 0.6 is 0 Å². The minimum Gasteiger partial charge on any atom is -0.356 e. The highest BCUT2D eigenvalue weighted by Crippen LogP contribution is 2.23. The van der Waals surface area contributed by atoms with E-state index >= 15 is 0 Å². The number of carbonyl (C=O) groups excluding carboxylic acids is 1. The Balaban J connectivity index is 1.45. The largest absolute Gasteiger partial charge is 0.356 e. The maximum Gasteiger partial charge on any atom is 0.227 e. The van der Waals surface area contributed by atoms with E-state index < -0.39 is 0 Å². The van der Waals surface area contributed by atoms with Crippen LogP contribution in [0.4, 0.5) is 0 Å². The van der Waals surface area contributed by atoms with Gasteiger partial charge in [-0.15, -0.1) is 0 Å². The summed E-state index contributed by atoms with van der Waals surface area (Å²) >= 11 is 0. The number of aromatic nitrogens is 3. The molecule has 0 unspecified atom stereocenters. The summed E-state index contributed by atoms with van der Waals surface area (Å²) < 4.78 is 5.18. The number of hydrogen-bond acceptors (Lipinski definition) is 5. The third-order valence-corrected chi connectivity index (χ3v) is 4.02. The van der Waals surface area contributed by atoms with Gasteiger partial charge < -0.3 is 9.84 Å². The van der Waals surface area contributed by atoms with Gasteiger partial charge in [0.15, 0.2) is 0 Å². The van der Waals surface area contributed by atoms with Crippen LogP contribution in [0.5, 0.6) is 0 Å². The molecule has 3 rings (SSSR count). The standard InChI is InChI=1S/C16H20N4O2/c21-14(18-10-12-4-1-2-5-12)7-8-15-19-16(20-22-15)13-6-3-9-17-11-13/h3,6,9,11-12H,1-2,4-5,7-8,10H2,(H,18,21). The van der Waals surface area contributed by atoms with Crippen LogP contribution in [0.25, 0.3) is 11.4 Å². The van der Waals surface area contributed by atoms with Crippen LogP contribution in [0.15, 0.2) is 29.0 Å². The second-order valence-corrected chi connectivity index (χ2v) is 5.71. The fourth-order valence-electron chi connectivity index (χ4n) is 2.75. The molecule has 0 radical (unpaired) electrons. The van der Waals surface area contributed by atoms with Gasteiger partial charge in [0.1, 0.15) is 0 Å². The maximum absolute atomic E-state index is 11.8. The van der Waals surface area contributed by atoms with Crippen molar-refractivity contribution in [2.75, 3.05) is 6.54 Å². The molecule has 0 aliphatic heterocycles. The lowest BCUT2D eigenvalue weighted by Gasteiger charge is -2.09. The van der Waals surface area contributed by atoms with Crippen molar-refractivity contribution in [2.24, 2.45) is 5.92 Å². The molecule has 1 N–H and O–H groups in total. The second-order valence-electron chi connectivity index (χ2n) is 5.71. The van der Waals surface area contributed by atoms with Gasteiger partial charge in [-0.3, -0.25) is 9.78 Å². The summed E-state index contributed by atoms with van der Waals surface area (Å²) in [5.41, 5.74) is 0.809. The average Bonchev–Trinajstić information content (AvgIpc) is 3.23. The number of nitrogens with zero attached hydrogens (tertiary/aromatic N) is 3. The van der Waals surface area contributed by atoms with Crippen molar-refractivity contribution in [1.29, 1.82) is 0 Å². The Bertz CT molecular complexity index is 606. The molecule has 1 fully saturated rings. The predicted molar refractivity (Wildman–Crippen MR) is 80.8 cm³/mol. The number of pyridine rings is 1. The third-order valence-electron chi connectivity index (χ3n) is 4.02. The van der Waals surface area contributed by atoms with E-state index in [1.165, 1.54) is 25.7 Å². The molecule has 1 aliphatic rings. The molecule has 116 valence electrons. The first-order valence-corrected chi connectivity index (χ1v) is 7.81. The summed E-state index contributed by atoms with van der Waals surface area (Å²) in [5, 5.41) is 6.91. The highest BCUT2D eigenvalue weighted by Gasteiger charge is 2.16. The van der Waals surface area contributed by atoms with Gasteiger partial charge >= 0.3 is 0 Å². The molecule has 0 aromatic carbocycles. The van der Waals surface area contributed by atoms with Crippen molar-refractivity contribution in [1.82, 2.24) is 20.4 Å². The van der Waals surface area contributed by atoms with Crippen LogP contribution in [0.2, 0.25) is 0 Å². The lowest BCUT2D eigenvalue weighted by Crippen LogP contribution is -2.28. The molecular formula is C16H20N4O2. The Morgan fingerprint density at radius 1 is 1.36 bits per heavy atom. The van der Waals surface area contributed by atoms with Crippen LogP contribution in [-0.2, 0) is 11.2 Å². The molecule has 0 saturated heterocycles. The molecule has 2 aromatic rings. The van der Waals surface area contributed by atoms with E-state index in [9.17, 15) is 4.79 Å². The first-order valence-electron chi connectivity index (χ1n) is 7.81. The van der Waals surface area contributed by atoms with Crippen molar-refractivity contribution in [3.63, 3.8) is 0 Å². The Hall–Kier alpha value is -2.24. The summed E-state index contributed by atoms with van der Waals surface area (Å²) in [6.07, 6.45) is 9.27. The van der Waals surface area contributed by atoms with E-state index in [1.54, 1.807) is 12.4 Å². The van der Waals surface area contributed by atoms with Gasteiger partial charge in [0, 0.05) is 37.3 Å². The van der Waals surface area contributed by atoms with E-state index in [2.05, 4.69) is 20.4 Å². The molecule has 2 aromatic heterocycles. The van der Waals surface area contributed by atoms with E-state index in [0.29, 0.717) is 30.5 Å². The fourth-order valence-corrected chi connectivity index (χ4v) is 2.75. The molecule has 0 atom stereocenters. The zero-order valence-corrected chi connectivity index (χ0v) is 12.5. The lowest BCUT2D eigenvalue weighted by molar-refractivity contribution is -0.121. The highest BCUT2D eigenvalue weighted by molar-refractivity contribution is 5.76. The van der Waals surface area contributed by atoms with Gasteiger partial charge in [-0.2, -0.15) is 4.98 Å². The topological polar surface area (TPSA) is 80.9 Å². The van der Waals surface area contributed by atoms with Crippen LogP contribution < -0.4 is 5.32 Å². The summed E-state index contributed by atoms with van der Waals surface area (Å²) in [6.45, 7) is 0.795. The smallest absolute Gasteiger partial charge is 0.227 e. The van der Waals surface area contributed by atoms with Crippen molar-refractivity contribution in [2.45, 2.75) is 38.5 Å². The molecule has 1 aliphatic carbocycles. The van der Waals surface area contributed by atoms with E-state index in [1.807, 2.05) is 12.1 Å². The first kappa shape index (κ1) is 14.7. The highest BCUT2D eigenvalue weighted by atomic mass is 16.5. The van der Waals surface area contributed by atoms with Crippen LogP contribution in [0.3, 0.4) is 0 Å². The summed E-state index contributed by atoms with van der Waals surface area (Å²) in [5.74, 6) is 1.70. The monoisotopic (exact) mass is 300 g/mol. The third kappa shape index (κ3) is 3.90. The fraction of sp³-hybridized carbons (Fsp3) is 0.500.